The third kappa shape index (κ3) is 7.28. The minimum absolute atomic E-state index is 0.234. The van der Waals surface area contributed by atoms with Gasteiger partial charge >= 0.3 is 0 Å². The minimum Gasteiger partial charge on any atom is -0.391 e. The molecular weight excluding hydrogens is 384 g/mol. The lowest BCUT2D eigenvalue weighted by molar-refractivity contribution is -0.104. The Kier molecular flexibility index (Phi) is 10.5. The van der Waals surface area contributed by atoms with Gasteiger partial charge in [0.1, 0.15) is 6.29 Å². The molecule has 0 aliphatic carbocycles. The summed E-state index contributed by atoms with van der Waals surface area (Å²) in [6.45, 7) is 9.87. The van der Waals surface area contributed by atoms with Crippen LogP contribution < -0.4 is 5.32 Å². The summed E-state index contributed by atoms with van der Waals surface area (Å²) in [6.07, 6.45) is 8.10. The van der Waals surface area contributed by atoms with Gasteiger partial charge in [-0.2, -0.15) is 0 Å². The Hall–Kier alpha value is -3.08. The number of nitrogens with zero attached hydrogens (tertiary/aromatic N) is 2. The summed E-state index contributed by atoms with van der Waals surface area (Å²) in [5.74, 6) is 0. The number of likely N-dealkylation sites (N-methyl/N-ethyl adjacent to an activating group) is 1. The number of aryl methyl sites for hydroxylation is 1. The maximum Gasteiger partial charge on any atom is 0.145 e. The minimum atomic E-state index is -0.234. The largest absolute Gasteiger partial charge is 0.391 e. The number of nitrogens with one attached hydrogen (secondary N) is 2. The van der Waals surface area contributed by atoms with Crippen molar-refractivity contribution in [3.8, 4) is 0 Å². The zero-order chi connectivity index (χ0) is 23.6. The van der Waals surface area contributed by atoms with Crippen molar-refractivity contribution in [1.82, 2.24) is 15.1 Å². The molecule has 0 saturated heterocycles. The van der Waals surface area contributed by atoms with Crippen molar-refractivity contribution < 1.29 is 4.79 Å². The molecule has 2 N–H and O–H groups in total. The lowest BCUT2D eigenvalue weighted by atomic mass is 9.89. The van der Waals surface area contributed by atoms with E-state index >= 15 is 0 Å². The molecule has 0 aliphatic rings. The highest BCUT2D eigenvalue weighted by Crippen LogP contribution is 2.34. The van der Waals surface area contributed by atoms with E-state index < -0.39 is 0 Å². The van der Waals surface area contributed by atoms with Crippen LogP contribution in [0.25, 0.3) is 0 Å². The van der Waals surface area contributed by atoms with Crippen molar-refractivity contribution >= 4 is 12.0 Å². The van der Waals surface area contributed by atoms with Crippen LogP contribution in [-0.4, -0.2) is 50.0 Å². The molecule has 0 fully saturated rings. The van der Waals surface area contributed by atoms with Gasteiger partial charge < -0.3 is 20.5 Å². The molecule has 168 valence electrons. The Bertz CT molecular complexity index is 860. The zero-order valence-electron chi connectivity index (χ0n) is 20.1. The Morgan fingerprint density at radius 1 is 1.23 bits per heavy atom. The van der Waals surface area contributed by atoms with E-state index in [0.717, 1.165) is 41.7 Å². The van der Waals surface area contributed by atoms with Gasteiger partial charge in [-0.05, 0) is 43.6 Å². The van der Waals surface area contributed by atoms with E-state index in [1.807, 2.05) is 45.4 Å². The van der Waals surface area contributed by atoms with Crippen LogP contribution in [0.4, 0.5) is 0 Å². The van der Waals surface area contributed by atoms with E-state index in [0.29, 0.717) is 11.3 Å². The van der Waals surface area contributed by atoms with Gasteiger partial charge in [-0.1, -0.05) is 49.8 Å². The maximum absolute atomic E-state index is 11.4. The fourth-order valence-corrected chi connectivity index (χ4v) is 3.47. The number of carbonyl (C=O) groups is 1. The highest BCUT2D eigenvalue weighted by molar-refractivity contribution is 6.07. The second-order valence-corrected chi connectivity index (χ2v) is 7.96. The quantitative estimate of drug-likeness (QED) is 0.215. The van der Waals surface area contributed by atoms with Crippen LogP contribution in [0.2, 0.25) is 0 Å². The summed E-state index contributed by atoms with van der Waals surface area (Å²) in [4.78, 5) is 15.4. The molecule has 31 heavy (non-hydrogen) atoms. The Morgan fingerprint density at radius 2 is 1.84 bits per heavy atom. The summed E-state index contributed by atoms with van der Waals surface area (Å²) in [5.41, 5.74) is 6.04. The first kappa shape index (κ1) is 26.0. The van der Waals surface area contributed by atoms with Gasteiger partial charge in [0.2, 0.25) is 0 Å². The molecule has 5 heteroatoms. The molecule has 0 spiro atoms. The maximum atomic E-state index is 11.4. The van der Waals surface area contributed by atoms with Crippen LogP contribution in [0.5, 0.6) is 0 Å². The molecule has 1 aromatic rings. The first-order chi connectivity index (χ1) is 14.7. The third-order valence-corrected chi connectivity index (χ3v) is 5.03. The molecule has 1 aromatic carbocycles. The van der Waals surface area contributed by atoms with Crippen molar-refractivity contribution in [3.63, 3.8) is 0 Å². The van der Waals surface area contributed by atoms with Crippen molar-refractivity contribution in [2.24, 2.45) is 0 Å². The fraction of sp³-hybridized carbons (Fsp3) is 0.385. The molecule has 1 atom stereocenters. The molecule has 0 amide bonds. The van der Waals surface area contributed by atoms with Crippen molar-refractivity contribution in [2.75, 3.05) is 28.2 Å². The van der Waals surface area contributed by atoms with E-state index in [1.165, 1.54) is 5.56 Å². The van der Waals surface area contributed by atoms with Crippen LogP contribution in [0.1, 0.15) is 43.9 Å². The van der Waals surface area contributed by atoms with Gasteiger partial charge in [-0.25, -0.2) is 0 Å². The average Bonchev–Trinajstić information content (AvgIpc) is 2.75. The van der Waals surface area contributed by atoms with E-state index in [4.69, 9.17) is 5.41 Å². The molecule has 0 aromatic heterocycles. The van der Waals surface area contributed by atoms with Gasteiger partial charge in [0.15, 0.2) is 0 Å². The second-order valence-electron chi connectivity index (χ2n) is 7.96. The monoisotopic (exact) mass is 422 g/mol. The van der Waals surface area contributed by atoms with E-state index in [2.05, 4.69) is 54.9 Å². The van der Waals surface area contributed by atoms with Crippen LogP contribution in [0.3, 0.4) is 0 Å². The number of carbonyl (C=O) groups excluding carboxylic acids is 1. The molecule has 0 heterocycles. The smallest absolute Gasteiger partial charge is 0.145 e. The van der Waals surface area contributed by atoms with Crippen LogP contribution in [0, 0.1) is 12.3 Å². The van der Waals surface area contributed by atoms with E-state index in [9.17, 15) is 4.79 Å². The molecule has 5 nitrogen and oxygen atoms in total. The van der Waals surface area contributed by atoms with Crippen molar-refractivity contribution in [2.45, 2.75) is 39.7 Å². The Balaban J connectivity index is 3.87. The molecule has 1 unspecified atom stereocenters. The summed E-state index contributed by atoms with van der Waals surface area (Å²) in [5, 5.41) is 12.1. The number of hydrogen-bond donors (Lipinski definition) is 2. The second kappa shape index (κ2) is 12.6. The van der Waals surface area contributed by atoms with E-state index in [-0.39, 0.29) is 6.04 Å². The highest BCUT2D eigenvalue weighted by Gasteiger charge is 2.27. The van der Waals surface area contributed by atoms with Gasteiger partial charge in [-0.3, -0.25) is 4.79 Å². The summed E-state index contributed by atoms with van der Waals surface area (Å²) in [7, 11) is 7.82. The van der Waals surface area contributed by atoms with Gasteiger partial charge in [0, 0.05) is 45.7 Å². The standard InChI is InChI=1S/C26H38N4O/c1-9-11-24(28-5)25(23(27)10-2)26(21-14-12-19(3)13-15-21)30(8)22(17-29(6)7)16-20(4)18-31/h10,12-18,26-28H,2,9,11H2,1,3-8H3/b20-16-,22-17+,25-24+,27-23?. The van der Waals surface area contributed by atoms with Gasteiger partial charge in [0.05, 0.1) is 17.5 Å². The summed E-state index contributed by atoms with van der Waals surface area (Å²) < 4.78 is 0. The highest BCUT2D eigenvalue weighted by atomic mass is 16.1. The van der Waals surface area contributed by atoms with Crippen LogP contribution >= 0.6 is 0 Å². The van der Waals surface area contributed by atoms with Gasteiger partial charge in [0.25, 0.3) is 0 Å². The SMILES string of the molecule is C=CC(=N)/C(=C(/CCC)NC)C(c1ccc(C)cc1)N(C)C(/C=C(/C)C=O)=C/N(C)C. The fourth-order valence-electron chi connectivity index (χ4n) is 3.47. The molecular formula is C26H38N4O. The number of allylic oxidation sites excluding steroid dienone is 4. The van der Waals surface area contributed by atoms with Crippen LogP contribution in [-0.2, 0) is 4.79 Å². The Morgan fingerprint density at radius 3 is 2.29 bits per heavy atom. The molecule has 0 saturated carbocycles. The van der Waals surface area contributed by atoms with Crippen molar-refractivity contribution in [1.29, 1.82) is 5.41 Å². The van der Waals surface area contributed by atoms with Crippen molar-refractivity contribution in [3.05, 3.63) is 82.9 Å². The lowest BCUT2D eigenvalue weighted by Crippen LogP contribution is -2.31. The summed E-state index contributed by atoms with van der Waals surface area (Å²) in [6, 6.07) is 8.16. The third-order valence-electron chi connectivity index (χ3n) is 5.03. The molecule has 0 aliphatic heterocycles. The normalized spacial score (nSPS) is 13.8. The molecule has 1 rings (SSSR count). The summed E-state index contributed by atoms with van der Waals surface area (Å²) >= 11 is 0. The lowest BCUT2D eigenvalue weighted by Gasteiger charge is -2.35. The predicted molar refractivity (Wildman–Crippen MR) is 132 cm³/mol. The van der Waals surface area contributed by atoms with Gasteiger partial charge in [-0.15, -0.1) is 0 Å². The Labute approximate surface area is 188 Å². The van der Waals surface area contributed by atoms with E-state index in [1.54, 1.807) is 13.0 Å². The number of aldehydes is 1. The molecule has 0 bridgehead atoms. The predicted octanol–water partition coefficient (Wildman–Crippen LogP) is 5.00. The zero-order valence-corrected chi connectivity index (χ0v) is 20.1. The molecule has 0 radical (unpaired) electrons. The number of benzene rings is 1. The first-order valence-corrected chi connectivity index (χ1v) is 10.6. The van der Waals surface area contributed by atoms with Crippen LogP contribution in [0.15, 0.2) is 71.7 Å². The average molecular weight is 423 g/mol. The topological polar surface area (TPSA) is 59.4 Å². The number of hydrogen-bond acceptors (Lipinski definition) is 5. The first-order valence-electron chi connectivity index (χ1n) is 10.6. The number of rotatable bonds is 12.